The summed E-state index contributed by atoms with van der Waals surface area (Å²) in [5.74, 6) is 0.974. The Morgan fingerprint density at radius 3 is 2.71 bits per heavy atom. The Labute approximate surface area is 94.6 Å². The molecule has 0 aliphatic heterocycles. The van der Waals surface area contributed by atoms with Gasteiger partial charge in [-0.2, -0.15) is 0 Å². The summed E-state index contributed by atoms with van der Waals surface area (Å²) >= 11 is 3.47. The van der Waals surface area contributed by atoms with E-state index in [1.54, 1.807) is 0 Å². The van der Waals surface area contributed by atoms with Gasteiger partial charge in [0.05, 0.1) is 6.61 Å². The van der Waals surface area contributed by atoms with Crippen LogP contribution in [0, 0.1) is 6.92 Å². The molecular weight excluding hydrogens is 240 g/mol. The van der Waals surface area contributed by atoms with Crippen molar-refractivity contribution < 1.29 is 4.74 Å². The van der Waals surface area contributed by atoms with Crippen LogP contribution < -0.4 is 4.74 Å². The van der Waals surface area contributed by atoms with Gasteiger partial charge in [0, 0.05) is 4.47 Å². The molecule has 1 aromatic carbocycles. The van der Waals surface area contributed by atoms with Gasteiger partial charge in [0.2, 0.25) is 0 Å². The van der Waals surface area contributed by atoms with Crippen LogP contribution in [0.1, 0.15) is 31.7 Å². The highest BCUT2D eigenvalue weighted by atomic mass is 79.9. The van der Waals surface area contributed by atoms with E-state index in [0.29, 0.717) is 0 Å². The Balaban J connectivity index is 2.39. The average molecular weight is 257 g/mol. The van der Waals surface area contributed by atoms with E-state index in [4.69, 9.17) is 4.74 Å². The predicted molar refractivity (Wildman–Crippen MR) is 63.9 cm³/mol. The van der Waals surface area contributed by atoms with Crippen molar-refractivity contribution in [1.82, 2.24) is 0 Å². The van der Waals surface area contributed by atoms with Crippen molar-refractivity contribution in [3.8, 4) is 5.75 Å². The zero-order valence-corrected chi connectivity index (χ0v) is 10.4. The third kappa shape index (κ3) is 3.70. The summed E-state index contributed by atoms with van der Waals surface area (Å²) in [6, 6.07) is 6.10. The highest BCUT2D eigenvalue weighted by Gasteiger charge is 1.97. The van der Waals surface area contributed by atoms with Crippen molar-refractivity contribution in [1.29, 1.82) is 0 Å². The van der Waals surface area contributed by atoms with Gasteiger partial charge in [0.1, 0.15) is 5.75 Å². The smallest absolute Gasteiger partial charge is 0.119 e. The zero-order valence-electron chi connectivity index (χ0n) is 8.85. The van der Waals surface area contributed by atoms with Gasteiger partial charge in [-0.15, -0.1) is 0 Å². The van der Waals surface area contributed by atoms with Gasteiger partial charge in [-0.05, 0) is 37.1 Å². The summed E-state index contributed by atoms with van der Waals surface area (Å²) in [7, 11) is 0. The number of halogens is 1. The number of benzene rings is 1. The lowest BCUT2D eigenvalue weighted by Gasteiger charge is -2.07. The average Bonchev–Trinajstić information content (AvgIpc) is 2.18. The molecule has 0 heterocycles. The molecule has 0 fully saturated rings. The van der Waals surface area contributed by atoms with Crippen LogP contribution in [0.2, 0.25) is 0 Å². The lowest BCUT2D eigenvalue weighted by Crippen LogP contribution is -1.97. The Morgan fingerprint density at radius 2 is 2.07 bits per heavy atom. The molecule has 0 atom stereocenters. The molecule has 0 bridgehead atoms. The zero-order chi connectivity index (χ0) is 10.4. The molecule has 0 spiro atoms. The lowest BCUT2D eigenvalue weighted by molar-refractivity contribution is 0.306. The van der Waals surface area contributed by atoms with E-state index in [2.05, 4.69) is 35.8 Å². The maximum atomic E-state index is 5.62. The number of rotatable bonds is 5. The van der Waals surface area contributed by atoms with Crippen molar-refractivity contribution in [2.75, 3.05) is 6.61 Å². The third-order valence-corrected chi connectivity index (χ3v) is 3.04. The molecule has 1 aromatic rings. The largest absolute Gasteiger partial charge is 0.494 e. The minimum absolute atomic E-state index is 0.828. The maximum absolute atomic E-state index is 5.62. The summed E-state index contributed by atoms with van der Waals surface area (Å²) in [5, 5.41) is 0. The van der Waals surface area contributed by atoms with Crippen molar-refractivity contribution in [2.24, 2.45) is 0 Å². The lowest BCUT2D eigenvalue weighted by atomic mass is 10.2. The summed E-state index contributed by atoms with van der Waals surface area (Å²) in [5.41, 5.74) is 1.22. The summed E-state index contributed by atoms with van der Waals surface area (Å²) in [4.78, 5) is 0. The van der Waals surface area contributed by atoms with Crippen LogP contribution in [0.15, 0.2) is 22.7 Å². The van der Waals surface area contributed by atoms with E-state index in [9.17, 15) is 0 Å². The van der Waals surface area contributed by atoms with Crippen molar-refractivity contribution in [3.63, 3.8) is 0 Å². The second-order valence-electron chi connectivity index (χ2n) is 3.47. The SMILES string of the molecule is CCCCCOc1ccc(Br)c(C)c1. The molecule has 0 aliphatic carbocycles. The Hall–Kier alpha value is -0.500. The van der Waals surface area contributed by atoms with Crippen LogP contribution in [0.3, 0.4) is 0 Å². The molecule has 0 amide bonds. The standard InChI is InChI=1S/C12H17BrO/c1-3-4-5-8-14-11-6-7-12(13)10(2)9-11/h6-7,9H,3-5,8H2,1-2H3. The van der Waals surface area contributed by atoms with Crippen LogP contribution in [-0.4, -0.2) is 6.61 Å². The molecule has 0 unspecified atom stereocenters. The molecule has 0 N–H and O–H groups in total. The van der Waals surface area contributed by atoms with Crippen LogP contribution in [-0.2, 0) is 0 Å². The quantitative estimate of drug-likeness (QED) is 0.713. The van der Waals surface area contributed by atoms with E-state index >= 15 is 0 Å². The monoisotopic (exact) mass is 256 g/mol. The van der Waals surface area contributed by atoms with Gasteiger partial charge in [-0.25, -0.2) is 0 Å². The first-order valence-corrected chi connectivity index (χ1v) is 5.92. The van der Waals surface area contributed by atoms with Crippen molar-refractivity contribution in [2.45, 2.75) is 33.1 Å². The summed E-state index contributed by atoms with van der Waals surface area (Å²) in [6.07, 6.45) is 3.63. The fraction of sp³-hybridized carbons (Fsp3) is 0.500. The van der Waals surface area contributed by atoms with Gasteiger partial charge in [0.15, 0.2) is 0 Å². The highest BCUT2D eigenvalue weighted by molar-refractivity contribution is 9.10. The molecule has 14 heavy (non-hydrogen) atoms. The molecule has 1 rings (SSSR count). The van der Waals surface area contributed by atoms with Crippen molar-refractivity contribution >= 4 is 15.9 Å². The van der Waals surface area contributed by atoms with Gasteiger partial charge in [-0.3, -0.25) is 0 Å². The molecule has 0 aliphatic rings. The minimum Gasteiger partial charge on any atom is -0.494 e. The van der Waals surface area contributed by atoms with E-state index in [0.717, 1.165) is 23.2 Å². The second-order valence-corrected chi connectivity index (χ2v) is 4.32. The van der Waals surface area contributed by atoms with Gasteiger partial charge >= 0.3 is 0 Å². The Morgan fingerprint density at radius 1 is 1.29 bits per heavy atom. The maximum Gasteiger partial charge on any atom is 0.119 e. The number of hydrogen-bond acceptors (Lipinski definition) is 1. The molecular formula is C12H17BrO. The number of unbranched alkanes of at least 4 members (excludes halogenated alkanes) is 2. The number of hydrogen-bond donors (Lipinski definition) is 0. The van der Waals surface area contributed by atoms with E-state index in [-0.39, 0.29) is 0 Å². The topological polar surface area (TPSA) is 9.23 Å². The predicted octanol–water partition coefficient (Wildman–Crippen LogP) is 4.33. The molecule has 0 aromatic heterocycles. The molecule has 1 nitrogen and oxygen atoms in total. The van der Waals surface area contributed by atoms with Gasteiger partial charge < -0.3 is 4.74 Å². The molecule has 0 saturated heterocycles. The van der Waals surface area contributed by atoms with Crippen LogP contribution >= 0.6 is 15.9 Å². The van der Waals surface area contributed by atoms with Gasteiger partial charge in [0.25, 0.3) is 0 Å². The summed E-state index contributed by atoms with van der Waals surface area (Å²) in [6.45, 7) is 5.10. The number of aryl methyl sites for hydroxylation is 1. The fourth-order valence-electron chi connectivity index (χ4n) is 1.25. The number of ether oxygens (including phenoxy) is 1. The molecule has 0 saturated carbocycles. The van der Waals surface area contributed by atoms with Crippen LogP contribution in [0.5, 0.6) is 5.75 Å². The molecule has 0 radical (unpaired) electrons. The Kier molecular flexibility index (Phi) is 5.02. The summed E-state index contributed by atoms with van der Waals surface area (Å²) < 4.78 is 6.76. The first-order valence-electron chi connectivity index (χ1n) is 5.13. The molecule has 2 heteroatoms. The first kappa shape index (κ1) is 11.6. The second kappa shape index (κ2) is 6.07. The first-order chi connectivity index (χ1) is 6.74. The highest BCUT2D eigenvalue weighted by Crippen LogP contribution is 2.21. The normalized spacial score (nSPS) is 10.2. The van der Waals surface area contributed by atoms with E-state index in [1.165, 1.54) is 18.4 Å². The van der Waals surface area contributed by atoms with Crippen molar-refractivity contribution in [3.05, 3.63) is 28.2 Å². The molecule has 78 valence electrons. The van der Waals surface area contributed by atoms with Crippen LogP contribution in [0.4, 0.5) is 0 Å². The minimum atomic E-state index is 0.828. The van der Waals surface area contributed by atoms with E-state index in [1.807, 2.05) is 12.1 Å². The van der Waals surface area contributed by atoms with Crippen LogP contribution in [0.25, 0.3) is 0 Å². The van der Waals surface area contributed by atoms with E-state index < -0.39 is 0 Å². The fourth-order valence-corrected chi connectivity index (χ4v) is 1.50. The Bertz CT molecular complexity index is 284. The van der Waals surface area contributed by atoms with Gasteiger partial charge in [-0.1, -0.05) is 35.7 Å². The third-order valence-electron chi connectivity index (χ3n) is 2.15.